The predicted octanol–water partition coefficient (Wildman–Crippen LogP) is 1.03. The molecule has 1 spiro atoms. The molecule has 5 nitrogen and oxygen atoms in total. The molecule has 130 valence electrons. The van der Waals surface area contributed by atoms with Gasteiger partial charge in [-0.25, -0.2) is 0 Å². The highest BCUT2D eigenvalue weighted by molar-refractivity contribution is 6.08. The van der Waals surface area contributed by atoms with Crippen molar-refractivity contribution < 1.29 is 15.0 Å². The Morgan fingerprint density at radius 2 is 2.17 bits per heavy atom. The van der Waals surface area contributed by atoms with E-state index in [1.165, 1.54) is 0 Å². The molecular formula is C19H26N2O3. The van der Waals surface area contributed by atoms with Crippen LogP contribution >= 0.6 is 0 Å². The van der Waals surface area contributed by atoms with Crippen molar-refractivity contribution in [1.82, 2.24) is 5.32 Å². The number of fused-ring (bicyclic) bond motifs is 5. The van der Waals surface area contributed by atoms with Crippen LogP contribution in [-0.4, -0.2) is 48.0 Å². The maximum atomic E-state index is 13.2. The number of anilines is 1. The van der Waals surface area contributed by atoms with E-state index in [-0.39, 0.29) is 42.5 Å². The highest BCUT2D eigenvalue weighted by Crippen LogP contribution is 2.54. The summed E-state index contributed by atoms with van der Waals surface area (Å²) < 4.78 is 0. The second kappa shape index (κ2) is 5.55. The van der Waals surface area contributed by atoms with E-state index < -0.39 is 5.41 Å². The van der Waals surface area contributed by atoms with E-state index in [1.807, 2.05) is 25.2 Å². The monoisotopic (exact) mass is 330 g/mol. The number of carbonyl (C=O) groups excluding carboxylic acids is 1. The molecule has 5 heteroatoms. The Morgan fingerprint density at radius 3 is 2.88 bits per heavy atom. The molecule has 1 aromatic rings. The molecule has 1 aromatic carbocycles. The molecule has 3 N–H and O–H groups in total. The van der Waals surface area contributed by atoms with Crippen molar-refractivity contribution in [2.75, 3.05) is 18.6 Å². The lowest BCUT2D eigenvalue weighted by Crippen LogP contribution is -2.52. The van der Waals surface area contributed by atoms with Gasteiger partial charge in [0.15, 0.2) is 0 Å². The van der Waals surface area contributed by atoms with Gasteiger partial charge in [-0.15, -0.1) is 0 Å². The number of hydrogen-bond acceptors (Lipinski definition) is 4. The van der Waals surface area contributed by atoms with Crippen LogP contribution in [0.1, 0.15) is 31.7 Å². The maximum absolute atomic E-state index is 13.2. The number of likely N-dealkylation sites (N-methyl/N-ethyl adjacent to an activating group) is 1. The summed E-state index contributed by atoms with van der Waals surface area (Å²) in [6, 6.07) is 8.28. The number of aliphatic hydroxyl groups is 2. The number of piperidine rings is 1. The number of amides is 1. The van der Waals surface area contributed by atoms with E-state index in [9.17, 15) is 15.0 Å². The number of para-hydroxylation sites is 1. The first-order chi connectivity index (χ1) is 11.5. The maximum Gasteiger partial charge on any atom is 0.239 e. The fraction of sp³-hybridized carbons (Fsp3) is 0.632. The van der Waals surface area contributed by atoms with Crippen LogP contribution in [0.3, 0.4) is 0 Å². The number of benzene rings is 1. The smallest absolute Gasteiger partial charge is 0.239 e. The molecule has 6 unspecified atom stereocenters. The molecule has 3 aliphatic rings. The molecule has 3 aliphatic heterocycles. The number of nitrogens with one attached hydrogen (secondary N) is 1. The van der Waals surface area contributed by atoms with Gasteiger partial charge in [0, 0.05) is 37.3 Å². The Hall–Kier alpha value is -1.43. The topological polar surface area (TPSA) is 72.8 Å². The van der Waals surface area contributed by atoms with Gasteiger partial charge in [0.05, 0.1) is 11.5 Å². The highest BCUT2D eigenvalue weighted by atomic mass is 16.3. The Balaban J connectivity index is 1.76. The minimum absolute atomic E-state index is 0.0765. The van der Waals surface area contributed by atoms with Crippen molar-refractivity contribution in [3.63, 3.8) is 0 Å². The molecule has 24 heavy (non-hydrogen) atoms. The van der Waals surface area contributed by atoms with E-state index >= 15 is 0 Å². The fourth-order valence-electron chi connectivity index (χ4n) is 5.49. The largest absolute Gasteiger partial charge is 0.396 e. The number of carbonyl (C=O) groups is 1. The van der Waals surface area contributed by atoms with Crippen LogP contribution in [0.5, 0.6) is 0 Å². The van der Waals surface area contributed by atoms with Crippen LogP contribution in [-0.2, 0) is 10.2 Å². The second-order valence-electron chi connectivity index (χ2n) is 7.81. The van der Waals surface area contributed by atoms with Gasteiger partial charge in [-0.3, -0.25) is 4.79 Å². The SMILES string of the molecule is CC(O)CC1CC2NC(CC23C(=O)N(C)c2ccccc23)C1CO. The van der Waals surface area contributed by atoms with E-state index in [0.29, 0.717) is 6.42 Å². The van der Waals surface area contributed by atoms with Crippen LogP contribution < -0.4 is 10.2 Å². The lowest BCUT2D eigenvalue weighted by atomic mass is 9.73. The van der Waals surface area contributed by atoms with Crippen LogP contribution in [0.15, 0.2) is 24.3 Å². The Labute approximate surface area is 142 Å². The minimum atomic E-state index is -0.517. The van der Waals surface area contributed by atoms with Crippen LogP contribution in [0.4, 0.5) is 5.69 Å². The van der Waals surface area contributed by atoms with Gasteiger partial charge in [0.2, 0.25) is 5.91 Å². The fourth-order valence-corrected chi connectivity index (χ4v) is 5.49. The summed E-state index contributed by atoms with van der Waals surface area (Å²) in [4.78, 5) is 15.0. The number of hydrogen-bond donors (Lipinski definition) is 3. The molecule has 0 aliphatic carbocycles. The molecule has 0 aromatic heterocycles. The van der Waals surface area contributed by atoms with Gasteiger partial charge in [-0.1, -0.05) is 18.2 Å². The van der Waals surface area contributed by atoms with Crippen molar-refractivity contribution in [2.24, 2.45) is 11.8 Å². The van der Waals surface area contributed by atoms with Gasteiger partial charge in [0.25, 0.3) is 0 Å². The third-order valence-electron chi connectivity index (χ3n) is 6.50. The second-order valence-corrected chi connectivity index (χ2v) is 7.81. The molecular weight excluding hydrogens is 304 g/mol. The van der Waals surface area contributed by atoms with Crippen LogP contribution in [0.2, 0.25) is 0 Å². The predicted molar refractivity (Wildman–Crippen MR) is 91.8 cm³/mol. The first kappa shape index (κ1) is 16.1. The molecule has 3 heterocycles. The number of nitrogens with zero attached hydrogens (tertiary/aromatic N) is 1. The van der Waals surface area contributed by atoms with Crippen molar-refractivity contribution in [3.8, 4) is 0 Å². The van der Waals surface area contributed by atoms with Crippen molar-refractivity contribution in [1.29, 1.82) is 0 Å². The third-order valence-corrected chi connectivity index (χ3v) is 6.50. The average Bonchev–Trinajstić information content (AvgIpc) is 2.97. The lowest BCUT2D eigenvalue weighted by molar-refractivity contribution is -0.123. The molecule has 4 rings (SSSR count). The summed E-state index contributed by atoms with van der Waals surface area (Å²) in [7, 11) is 1.86. The quantitative estimate of drug-likeness (QED) is 0.774. The van der Waals surface area contributed by atoms with Gasteiger partial charge in [-0.05, 0) is 43.7 Å². The molecule has 0 radical (unpaired) electrons. The van der Waals surface area contributed by atoms with Crippen molar-refractivity contribution in [3.05, 3.63) is 29.8 Å². The summed E-state index contributed by atoms with van der Waals surface area (Å²) in [6.07, 6.45) is 1.86. The van der Waals surface area contributed by atoms with Gasteiger partial charge < -0.3 is 20.4 Å². The summed E-state index contributed by atoms with van der Waals surface area (Å²) in [5.41, 5.74) is 1.60. The zero-order valence-corrected chi connectivity index (χ0v) is 14.3. The van der Waals surface area contributed by atoms with E-state index in [1.54, 1.807) is 11.8 Å². The summed E-state index contributed by atoms with van der Waals surface area (Å²) >= 11 is 0. The zero-order valence-electron chi connectivity index (χ0n) is 14.3. The first-order valence-electron chi connectivity index (χ1n) is 8.91. The molecule has 1 amide bonds. The molecule has 2 fully saturated rings. The third kappa shape index (κ3) is 2.01. The number of aliphatic hydroxyl groups excluding tert-OH is 2. The van der Waals surface area contributed by atoms with E-state index in [0.717, 1.165) is 24.1 Å². The summed E-state index contributed by atoms with van der Waals surface area (Å²) in [5, 5.41) is 23.4. The van der Waals surface area contributed by atoms with E-state index in [4.69, 9.17) is 0 Å². The van der Waals surface area contributed by atoms with Crippen molar-refractivity contribution >= 4 is 11.6 Å². The summed E-state index contributed by atoms with van der Waals surface area (Å²) in [5.74, 6) is 0.510. The van der Waals surface area contributed by atoms with Crippen LogP contribution in [0, 0.1) is 11.8 Å². The normalized spacial score (nSPS) is 38.7. The molecule has 0 saturated carbocycles. The number of rotatable bonds is 3. The molecule has 6 atom stereocenters. The summed E-state index contributed by atoms with van der Waals surface area (Å²) in [6.45, 7) is 1.90. The van der Waals surface area contributed by atoms with Crippen molar-refractivity contribution in [2.45, 2.75) is 49.8 Å². The van der Waals surface area contributed by atoms with Crippen LogP contribution in [0.25, 0.3) is 0 Å². The van der Waals surface area contributed by atoms with Gasteiger partial charge in [-0.2, -0.15) is 0 Å². The molecule has 2 bridgehead atoms. The lowest BCUT2D eigenvalue weighted by Gasteiger charge is -2.38. The van der Waals surface area contributed by atoms with E-state index in [2.05, 4.69) is 11.4 Å². The first-order valence-corrected chi connectivity index (χ1v) is 8.91. The highest BCUT2D eigenvalue weighted by Gasteiger charge is 2.62. The Bertz CT molecular complexity index is 662. The average molecular weight is 330 g/mol. The van der Waals surface area contributed by atoms with Gasteiger partial charge >= 0.3 is 0 Å². The standard InChI is InChI=1S/C19H26N2O3/c1-11(23)7-12-8-17-19(9-15(20-17)13(12)10-22)14-5-3-4-6-16(14)21(2)18(19)24/h3-6,11-13,15,17,20,22-23H,7-10H2,1-2H3. The Morgan fingerprint density at radius 1 is 1.42 bits per heavy atom. The van der Waals surface area contributed by atoms with Gasteiger partial charge in [0.1, 0.15) is 0 Å². The Kier molecular flexibility index (Phi) is 3.71. The molecule has 2 saturated heterocycles. The zero-order chi connectivity index (χ0) is 17.1. The minimum Gasteiger partial charge on any atom is -0.396 e.